The zero-order valence-electron chi connectivity index (χ0n) is 4.31. The molecule has 0 saturated carbocycles. The van der Waals surface area contributed by atoms with Gasteiger partial charge in [0, 0.05) is 0 Å². The van der Waals surface area contributed by atoms with E-state index in [4.69, 9.17) is 5.73 Å². The molecule has 0 aromatic rings. The van der Waals surface area contributed by atoms with E-state index in [9.17, 15) is 4.79 Å². The molecule has 0 aliphatic heterocycles. The molecule has 0 saturated heterocycles. The Morgan fingerprint density at radius 1 is 1.86 bits per heavy atom. The SMILES string of the molecule is CCSC(=O)CN. The molecule has 0 fully saturated rings. The second-order valence-electron chi connectivity index (χ2n) is 1.01. The highest BCUT2D eigenvalue weighted by Crippen LogP contribution is 1.96. The first-order valence-corrected chi connectivity index (χ1v) is 3.15. The second-order valence-corrected chi connectivity index (χ2v) is 2.33. The Bertz CT molecular complexity index is 64.7. The largest absolute Gasteiger partial charge is 0.323 e. The molecule has 0 aliphatic carbocycles. The summed E-state index contributed by atoms with van der Waals surface area (Å²) in [6.45, 7) is 2.09. The van der Waals surface area contributed by atoms with Crippen LogP contribution in [0.5, 0.6) is 0 Å². The molecular formula is C4H9NOS. The highest BCUT2D eigenvalue weighted by Gasteiger charge is 1.92. The van der Waals surface area contributed by atoms with Crippen LogP contribution in [-0.2, 0) is 4.79 Å². The number of rotatable bonds is 2. The molecule has 0 aromatic heterocycles. The van der Waals surface area contributed by atoms with E-state index >= 15 is 0 Å². The van der Waals surface area contributed by atoms with E-state index in [2.05, 4.69) is 0 Å². The van der Waals surface area contributed by atoms with Crippen molar-refractivity contribution in [2.24, 2.45) is 5.73 Å². The van der Waals surface area contributed by atoms with Gasteiger partial charge in [-0.3, -0.25) is 4.79 Å². The van der Waals surface area contributed by atoms with Crippen LogP contribution in [-0.4, -0.2) is 17.4 Å². The van der Waals surface area contributed by atoms with Gasteiger partial charge in [0.1, 0.15) is 0 Å². The zero-order valence-corrected chi connectivity index (χ0v) is 5.12. The minimum atomic E-state index is 0.0718. The van der Waals surface area contributed by atoms with Crippen LogP contribution in [0.2, 0.25) is 0 Å². The van der Waals surface area contributed by atoms with Gasteiger partial charge >= 0.3 is 0 Å². The summed E-state index contributed by atoms with van der Waals surface area (Å²) in [6, 6.07) is 0. The quantitative estimate of drug-likeness (QED) is 0.565. The van der Waals surface area contributed by atoms with Crippen molar-refractivity contribution in [3.63, 3.8) is 0 Å². The van der Waals surface area contributed by atoms with Crippen LogP contribution in [0, 0.1) is 0 Å². The molecule has 0 bridgehead atoms. The van der Waals surface area contributed by atoms with Crippen LogP contribution in [0.3, 0.4) is 0 Å². The fourth-order valence-electron chi connectivity index (χ4n) is 0.220. The van der Waals surface area contributed by atoms with Crippen molar-refractivity contribution in [1.29, 1.82) is 0 Å². The fraction of sp³-hybridized carbons (Fsp3) is 0.750. The van der Waals surface area contributed by atoms with Crippen LogP contribution in [0.15, 0.2) is 0 Å². The number of nitrogens with two attached hydrogens (primary N) is 1. The molecule has 0 rings (SSSR count). The van der Waals surface area contributed by atoms with Crippen molar-refractivity contribution >= 4 is 16.9 Å². The van der Waals surface area contributed by atoms with Crippen molar-refractivity contribution in [2.75, 3.05) is 12.3 Å². The van der Waals surface area contributed by atoms with Gasteiger partial charge in [-0.25, -0.2) is 0 Å². The lowest BCUT2D eigenvalue weighted by Crippen LogP contribution is -2.09. The van der Waals surface area contributed by atoms with Crippen LogP contribution < -0.4 is 5.73 Å². The van der Waals surface area contributed by atoms with Crippen molar-refractivity contribution in [3.05, 3.63) is 0 Å². The molecule has 3 heteroatoms. The Morgan fingerprint density at radius 3 is 2.57 bits per heavy atom. The van der Waals surface area contributed by atoms with E-state index in [1.807, 2.05) is 6.92 Å². The maximum Gasteiger partial charge on any atom is 0.202 e. The topological polar surface area (TPSA) is 43.1 Å². The van der Waals surface area contributed by atoms with Crippen LogP contribution in [0.4, 0.5) is 0 Å². The third-order valence-electron chi connectivity index (χ3n) is 0.472. The van der Waals surface area contributed by atoms with Gasteiger partial charge in [0.2, 0.25) is 5.12 Å². The predicted octanol–water partition coefficient (Wildman–Crippen LogP) is 0.225. The van der Waals surface area contributed by atoms with E-state index < -0.39 is 0 Å². The third-order valence-corrected chi connectivity index (χ3v) is 1.25. The lowest BCUT2D eigenvalue weighted by Gasteiger charge is -1.87. The van der Waals surface area contributed by atoms with Crippen molar-refractivity contribution in [3.8, 4) is 0 Å². The Kier molecular flexibility index (Phi) is 4.14. The normalized spacial score (nSPS) is 8.86. The summed E-state index contributed by atoms with van der Waals surface area (Å²) in [5, 5.41) is 0.0718. The number of carbonyl (C=O) groups is 1. The molecule has 2 nitrogen and oxygen atoms in total. The summed E-state index contributed by atoms with van der Waals surface area (Å²) in [5.74, 6) is 0.829. The van der Waals surface area contributed by atoms with Crippen LogP contribution in [0.25, 0.3) is 0 Å². The summed E-state index contributed by atoms with van der Waals surface area (Å²) in [4.78, 5) is 10.2. The summed E-state index contributed by atoms with van der Waals surface area (Å²) in [6.07, 6.45) is 0. The van der Waals surface area contributed by atoms with Crippen LogP contribution >= 0.6 is 11.8 Å². The molecule has 0 unspecified atom stereocenters. The van der Waals surface area contributed by atoms with E-state index in [1.54, 1.807) is 0 Å². The molecule has 0 radical (unpaired) electrons. The Balaban J connectivity index is 3.00. The molecule has 0 amide bonds. The Labute approximate surface area is 47.5 Å². The number of hydrogen-bond acceptors (Lipinski definition) is 3. The molecule has 2 N–H and O–H groups in total. The highest BCUT2D eigenvalue weighted by atomic mass is 32.2. The molecule has 0 atom stereocenters. The Morgan fingerprint density at radius 2 is 2.43 bits per heavy atom. The predicted molar refractivity (Wildman–Crippen MR) is 32.2 cm³/mol. The fourth-order valence-corrected chi connectivity index (χ4v) is 0.660. The molecule has 42 valence electrons. The lowest BCUT2D eigenvalue weighted by atomic mass is 10.8. The van der Waals surface area contributed by atoms with E-state index in [1.165, 1.54) is 11.8 Å². The average Bonchev–Trinajstić information content (AvgIpc) is 1.68. The van der Waals surface area contributed by atoms with Crippen LogP contribution in [0.1, 0.15) is 6.92 Å². The maximum absolute atomic E-state index is 10.2. The maximum atomic E-state index is 10.2. The van der Waals surface area contributed by atoms with E-state index in [0.717, 1.165) is 5.75 Å². The lowest BCUT2D eigenvalue weighted by molar-refractivity contribution is -0.109. The zero-order chi connectivity index (χ0) is 5.70. The first kappa shape index (κ1) is 6.98. The van der Waals surface area contributed by atoms with Gasteiger partial charge < -0.3 is 5.73 Å². The minimum absolute atomic E-state index is 0.0718. The van der Waals surface area contributed by atoms with E-state index in [-0.39, 0.29) is 11.7 Å². The smallest absolute Gasteiger partial charge is 0.202 e. The molecule has 0 heterocycles. The molecule has 0 aliphatic rings. The third kappa shape index (κ3) is 3.82. The number of carbonyl (C=O) groups excluding carboxylic acids is 1. The standard InChI is InChI=1S/C4H9NOS/c1-2-7-4(6)3-5/h2-3,5H2,1H3. The molecular weight excluding hydrogens is 110 g/mol. The molecule has 0 spiro atoms. The molecule has 7 heavy (non-hydrogen) atoms. The first-order chi connectivity index (χ1) is 3.31. The number of thioether (sulfide) groups is 1. The van der Waals surface area contributed by atoms with Gasteiger partial charge in [-0.05, 0) is 5.75 Å². The van der Waals surface area contributed by atoms with Gasteiger partial charge in [-0.15, -0.1) is 0 Å². The summed E-state index contributed by atoms with van der Waals surface area (Å²) in [7, 11) is 0. The summed E-state index contributed by atoms with van der Waals surface area (Å²) >= 11 is 1.27. The summed E-state index contributed by atoms with van der Waals surface area (Å²) < 4.78 is 0. The van der Waals surface area contributed by atoms with E-state index in [0.29, 0.717) is 0 Å². The van der Waals surface area contributed by atoms with Gasteiger partial charge in [-0.2, -0.15) is 0 Å². The molecule has 0 aromatic carbocycles. The van der Waals surface area contributed by atoms with Gasteiger partial charge in [0.25, 0.3) is 0 Å². The first-order valence-electron chi connectivity index (χ1n) is 2.17. The minimum Gasteiger partial charge on any atom is -0.323 e. The number of hydrogen-bond donors (Lipinski definition) is 1. The Hall–Kier alpha value is -0.0200. The van der Waals surface area contributed by atoms with Crippen molar-refractivity contribution in [2.45, 2.75) is 6.92 Å². The monoisotopic (exact) mass is 119 g/mol. The van der Waals surface area contributed by atoms with Gasteiger partial charge in [0.15, 0.2) is 0 Å². The van der Waals surface area contributed by atoms with Crippen molar-refractivity contribution in [1.82, 2.24) is 0 Å². The average molecular weight is 119 g/mol. The van der Waals surface area contributed by atoms with Crippen molar-refractivity contribution < 1.29 is 4.79 Å². The van der Waals surface area contributed by atoms with Gasteiger partial charge in [-0.1, -0.05) is 18.7 Å². The highest BCUT2D eigenvalue weighted by molar-refractivity contribution is 8.13. The second kappa shape index (κ2) is 4.15. The summed E-state index contributed by atoms with van der Waals surface area (Å²) in [5.41, 5.74) is 4.99. The van der Waals surface area contributed by atoms with Gasteiger partial charge in [0.05, 0.1) is 6.54 Å².